The van der Waals surface area contributed by atoms with Gasteiger partial charge in [0.2, 0.25) is 0 Å². The number of benzene rings is 2. The summed E-state index contributed by atoms with van der Waals surface area (Å²) in [4.78, 5) is 21.4. The van der Waals surface area contributed by atoms with Gasteiger partial charge in [-0.15, -0.1) is 9.81 Å². The van der Waals surface area contributed by atoms with Gasteiger partial charge in [-0.25, -0.2) is 0 Å². The third-order valence-corrected chi connectivity index (χ3v) is 3.59. The van der Waals surface area contributed by atoms with Crippen molar-refractivity contribution < 1.29 is 10.2 Å². The minimum absolute atomic E-state index is 0.0481. The lowest BCUT2D eigenvalue weighted by atomic mass is 9.78. The van der Waals surface area contributed by atoms with E-state index in [0.29, 0.717) is 0 Å². The predicted octanol–water partition coefficient (Wildman–Crippen LogP) is 4.22. The molecule has 0 saturated carbocycles. The highest BCUT2D eigenvalue weighted by Gasteiger charge is 2.25. The lowest BCUT2D eigenvalue weighted by molar-refractivity contribution is 0.475. The Morgan fingerprint density at radius 2 is 1.19 bits per heavy atom. The Hall–Kier alpha value is -2.76. The number of hydrogen-bond acceptors (Lipinski definition) is 6. The van der Waals surface area contributed by atoms with E-state index in [1.54, 1.807) is 12.1 Å². The molecule has 108 valence electrons. The fourth-order valence-electron chi connectivity index (χ4n) is 2.14. The molecule has 0 atom stereocenters. The third-order valence-electron chi connectivity index (χ3n) is 3.59. The van der Waals surface area contributed by atoms with Crippen LogP contribution in [0.4, 0.5) is 11.4 Å². The summed E-state index contributed by atoms with van der Waals surface area (Å²) in [5.41, 5.74) is 0.802. The van der Waals surface area contributed by atoms with Gasteiger partial charge in [-0.3, -0.25) is 0 Å². The highest BCUT2D eigenvalue weighted by Crippen LogP contribution is 2.39. The second-order valence-corrected chi connectivity index (χ2v) is 5.21. The molecule has 2 aromatic rings. The van der Waals surface area contributed by atoms with E-state index < -0.39 is 5.41 Å². The number of phenolic OH excluding ortho intramolecular Hbond substituents is 2. The molecule has 6 nitrogen and oxygen atoms in total. The topological polar surface area (TPSA) is 99.3 Å². The number of nitroso groups, excluding NO2 is 2. The summed E-state index contributed by atoms with van der Waals surface area (Å²) >= 11 is 0. The molecule has 0 heterocycles. The van der Waals surface area contributed by atoms with Crippen molar-refractivity contribution in [2.45, 2.75) is 19.3 Å². The van der Waals surface area contributed by atoms with E-state index in [4.69, 9.17) is 0 Å². The lowest BCUT2D eigenvalue weighted by Gasteiger charge is -2.26. The first-order valence-corrected chi connectivity index (χ1v) is 6.24. The number of rotatable bonds is 4. The molecule has 0 saturated heterocycles. The third kappa shape index (κ3) is 2.60. The van der Waals surface area contributed by atoms with Crippen LogP contribution >= 0.6 is 0 Å². The van der Waals surface area contributed by atoms with Gasteiger partial charge in [0, 0.05) is 5.41 Å². The Kier molecular flexibility index (Phi) is 3.71. The van der Waals surface area contributed by atoms with E-state index in [1.165, 1.54) is 24.3 Å². The van der Waals surface area contributed by atoms with E-state index >= 15 is 0 Å². The maximum Gasteiger partial charge on any atom is 0.149 e. The van der Waals surface area contributed by atoms with Crippen molar-refractivity contribution in [2.75, 3.05) is 0 Å². The first kappa shape index (κ1) is 14.6. The fourth-order valence-corrected chi connectivity index (χ4v) is 2.14. The fraction of sp³-hybridized carbons (Fsp3) is 0.200. The number of nitrogens with zero attached hydrogens (tertiary/aromatic N) is 2. The van der Waals surface area contributed by atoms with Gasteiger partial charge in [0.15, 0.2) is 0 Å². The van der Waals surface area contributed by atoms with E-state index in [9.17, 15) is 20.0 Å². The maximum absolute atomic E-state index is 10.7. The minimum atomic E-state index is -0.569. The molecule has 0 aliphatic rings. The summed E-state index contributed by atoms with van der Waals surface area (Å²) < 4.78 is 0. The average Bonchev–Trinajstić information content (AvgIpc) is 2.47. The second kappa shape index (κ2) is 5.32. The zero-order valence-electron chi connectivity index (χ0n) is 11.6. The van der Waals surface area contributed by atoms with Crippen LogP contribution in [0.2, 0.25) is 0 Å². The molecular weight excluding hydrogens is 272 g/mol. The highest BCUT2D eigenvalue weighted by molar-refractivity contribution is 5.58. The second-order valence-electron chi connectivity index (χ2n) is 5.21. The van der Waals surface area contributed by atoms with Crippen molar-refractivity contribution in [3.8, 4) is 11.5 Å². The summed E-state index contributed by atoms with van der Waals surface area (Å²) in [6.07, 6.45) is 0. The van der Waals surface area contributed by atoms with E-state index in [-0.39, 0.29) is 22.9 Å². The predicted molar refractivity (Wildman–Crippen MR) is 79.3 cm³/mol. The van der Waals surface area contributed by atoms with Crippen LogP contribution < -0.4 is 0 Å². The van der Waals surface area contributed by atoms with E-state index in [2.05, 4.69) is 10.4 Å². The normalized spacial score (nSPS) is 11.1. The molecule has 0 radical (unpaired) electrons. The zero-order chi connectivity index (χ0) is 15.6. The molecule has 0 fully saturated rings. The SMILES string of the molecule is CC(C)(c1ccc(O)c(N=O)c1)c1ccc(O)c(N=O)c1. The van der Waals surface area contributed by atoms with Crippen LogP contribution in [0.1, 0.15) is 25.0 Å². The summed E-state index contributed by atoms with van der Waals surface area (Å²) in [6, 6.07) is 9.11. The molecule has 0 spiro atoms. The standard InChI is InChI=1S/C15H14N2O4/c1-15(2,9-3-5-13(18)11(7-9)16-20)10-4-6-14(19)12(8-10)17-21/h3-8,18-19H,1-2H3. The van der Waals surface area contributed by atoms with Crippen LogP contribution in [0, 0.1) is 9.81 Å². The van der Waals surface area contributed by atoms with E-state index in [0.717, 1.165) is 11.1 Å². The Balaban J connectivity index is 2.55. The molecule has 2 N–H and O–H groups in total. The molecule has 0 unspecified atom stereocenters. The van der Waals surface area contributed by atoms with Crippen molar-refractivity contribution >= 4 is 11.4 Å². The van der Waals surface area contributed by atoms with Crippen LogP contribution in [0.15, 0.2) is 46.8 Å². The Morgan fingerprint density at radius 3 is 1.52 bits per heavy atom. The van der Waals surface area contributed by atoms with Gasteiger partial charge in [-0.1, -0.05) is 26.0 Å². The average molecular weight is 286 g/mol. The minimum Gasteiger partial charge on any atom is -0.506 e. The molecule has 0 aromatic heterocycles. The van der Waals surface area contributed by atoms with Crippen molar-refractivity contribution in [1.82, 2.24) is 0 Å². The Morgan fingerprint density at radius 1 is 0.810 bits per heavy atom. The van der Waals surface area contributed by atoms with Crippen molar-refractivity contribution in [1.29, 1.82) is 0 Å². The highest BCUT2D eigenvalue weighted by atomic mass is 16.3. The lowest BCUT2D eigenvalue weighted by Crippen LogP contribution is -2.18. The monoisotopic (exact) mass is 286 g/mol. The molecule has 0 aliphatic heterocycles. The summed E-state index contributed by atoms with van der Waals surface area (Å²) in [5.74, 6) is -0.379. The van der Waals surface area contributed by atoms with Gasteiger partial charge in [-0.05, 0) is 45.7 Å². The van der Waals surface area contributed by atoms with Gasteiger partial charge in [0.05, 0.1) is 0 Å². The molecule has 6 heteroatoms. The summed E-state index contributed by atoms with van der Waals surface area (Å²) in [6.45, 7) is 3.77. The largest absolute Gasteiger partial charge is 0.506 e. The molecule has 2 rings (SSSR count). The van der Waals surface area contributed by atoms with E-state index in [1.807, 2.05) is 13.8 Å². The van der Waals surface area contributed by atoms with Gasteiger partial charge in [0.25, 0.3) is 0 Å². The summed E-state index contributed by atoms with van der Waals surface area (Å²) in [7, 11) is 0. The molecular formula is C15H14N2O4. The van der Waals surface area contributed by atoms with Gasteiger partial charge < -0.3 is 10.2 Å². The van der Waals surface area contributed by atoms with Crippen molar-refractivity contribution in [3.63, 3.8) is 0 Å². The molecule has 0 amide bonds. The smallest absolute Gasteiger partial charge is 0.149 e. The first-order valence-electron chi connectivity index (χ1n) is 6.24. The van der Waals surface area contributed by atoms with Crippen LogP contribution in [-0.2, 0) is 5.41 Å². The van der Waals surface area contributed by atoms with Crippen LogP contribution in [0.25, 0.3) is 0 Å². The van der Waals surface area contributed by atoms with Gasteiger partial charge >= 0.3 is 0 Å². The maximum atomic E-state index is 10.7. The zero-order valence-corrected chi connectivity index (χ0v) is 11.6. The molecule has 0 bridgehead atoms. The van der Waals surface area contributed by atoms with Gasteiger partial charge in [-0.2, -0.15) is 0 Å². The van der Waals surface area contributed by atoms with Crippen LogP contribution in [0.5, 0.6) is 11.5 Å². The quantitative estimate of drug-likeness (QED) is 0.822. The first-order chi connectivity index (χ1) is 9.90. The van der Waals surface area contributed by atoms with Gasteiger partial charge in [0.1, 0.15) is 22.9 Å². The van der Waals surface area contributed by atoms with Crippen LogP contribution in [-0.4, -0.2) is 10.2 Å². The Labute approximate surface area is 121 Å². The van der Waals surface area contributed by atoms with Crippen LogP contribution in [0.3, 0.4) is 0 Å². The number of phenols is 2. The molecule has 0 aliphatic carbocycles. The van der Waals surface area contributed by atoms with Crippen molar-refractivity contribution in [2.24, 2.45) is 10.4 Å². The number of hydrogen-bond donors (Lipinski definition) is 2. The Bertz CT molecular complexity index is 651. The number of aromatic hydroxyl groups is 2. The summed E-state index contributed by atoms with van der Waals surface area (Å²) in [5, 5.41) is 24.6. The van der Waals surface area contributed by atoms with Crippen molar-refractivity contribution in [3.05, 3.63) is 57.3 Å². The molecule has 2 aromatic carbocycles. The molecule has 21 heavy (non-hydrogen) atoms.